The van der Waals surface area contributed by atoms with Crippen molar-refractivity contribution in [3.63, 3.8) is 0 Å². The number of hydrogen-bond donors (Lipinski definition) is 3. The van der Waals surface area contributed by atoms with Crippen LogP contribution in [-0.2, 0) is 0 Å². The fourth-order valence-corrected chi connectivity index (χ4v) is 4.43. The van der Waals surface area contributed by atoms with E-state index in [1.165, 1.54) is 24.3 Å². The van der Waals surface area contributed by atoms with Gasteiger partial charge in [-0.15, -0.1) is 0 Å². The highest BCUT2D eigenvalue weighted by molar-refractivity contribution is 6.29. The third-order valence-electron chi connectivity index (χ3n) is 7.57. The highest BCUT2D eigenvalue weighted by Crippen LogP contribution is 2.24. The minimum absolute atomic E-state index is 0.0370. The molecular weight excluding hydrogens is 630 g/mol. The Bertz CT molecular complexity index is 1760. The number of aromatic amines is 3. The van der Waals surface area contributed by atoms with Crippen LogP contribution in [0.4, 0.5) is 8.78 Å². The van der Waals surface area contributed by atoms with Gasteiger partial charge in [0.1, 0.15) is 16.8 Å². The number of nitrogens with zero attached hydrogens (tertiary/aromatic N) is 3. The zero-order chi connectivity index (χ0) is 35.1. The fourth-order valence-electron chi connectivity index (χ4n) is 4.21. The summed E-state index contributed by atoms with van der Waals surface area (Å²) in [4.78, 5) is 16.8. The molecule has 0 spiro atoms. The van der Waals surface area contributed by atoms with Crippen molar-refractivity contribution in [2.75, 3.05) is 0 Å². The SMILES string of the molecule is CCC(C)c1cc(-c2ccc(F)cc2)n[nH]1.CCC(C)c1cc(-c2ccc(F)cc2)n[nH]1.Cc1cc[nH]c(=O)c1.Cc1ccnc(Cl)c1. The number of H-pyrrole nitrogens is 3. The van der Waals surface area contributed by atoms with Gasteiger partial charge >= 0.3 is 0 Å². The predicted molar refractivity (Wildman–Crippen MR) is 191 cm³/mol. The molecule has 7 nitrogen and oxygen atoms in total. The first-order chi connectivity index (χ1) is 23.0. The number of halogens is 3. The van der Waals surface area contributed by atoms with E-state index in [4.69, 9.17) is 11.6 Å². The van der Waals surface area contributed by atoms with E-state index in [2.05, 4.69) is 58.1 Å². The van der Waals surface area contributed by atoms with Crippen molar-refractivity contribution in [3.05, 3.63) is 147 Å². The zero-order valence-electron chi connectivity index (χ0n) is 28.2. The van der Waals surface area contributed by atoms with E-state index in [9.17, 15) is 13.6 Å². The Hall–Kier alpha value is -4.89. The van der Waals surface area contributed by atoms with E-state index in [0.717, 1.165) is 57.9 Å². The Morgan fingerprint density at radius 2 is 1.15 bits per heavy atom. The molecular formula is C38H43ClF2N6O. The molecule has 6 rings (SSSR count). The van der Waals surface area contributed by atoms with Gasteiger partial charge in [0, 0.05) is 41.0 Å². The molecule has 252 valence electrons. The standard InChI is InChI=1S/2C13H15FN2.C6H6ClN.C6H7NO/c2*1-3-9(2)12-8-13(16-15-12)10-4-6-11(14)7-5-10;1-5-2-3-8-6(7)4-5;1-5-2-3-7-6(8)4-5/h2*4-9H,3H2,1-2H3,(H,15,16);2-4H,1H3;2-4H,1H3,(H,7,8). The summed E-state index contributed by atoms with van der Waals surface area (Å²) in [6.07, 6.45) is 5.48. The van der Waals surface area contributed by atoms with Crippen molar-refractivity contribution < 1.29 is 8.78 Å². The van der Waals surface area contributed by atoms with Crippen LogP contribution >= 0.6 is 11.6 Å². The van der Waals surface area contributed by atoms with Gasteiger partial charge in [-0.3, -0.25) is 15.0 Å². The average Bonchev–Trinajstić information content (AvgIpc) is 3.77. The maximum Gasteiger partial charge on any atom is 0.248 e. The van der Waals surface area contributed by atoms with Gasteiger partial charge in [0.2, 0.25) is 5.56 Å². The molecule has 0 radical (unpaired) electrons. The summed E-state index contributed by atoms with van der Waals surface area (Å²) >= 11 is 5.53. The number of aryl methyl sites for hydroxylation is 2. The van der Waals surface area contributed by atoms with E-state index in [1.54, 1.807) is 42.7 Å². The lowest BCUT2D eigenvalue weighted by Gasteiger charge is -2.02. The van der Waals surface area contributed by atoms with Crippen LogP contribution in [0.2, 0.25) is 5.15 Å². The largest absolute Gasteiger partial charge is 0.329 e. The first-order valence-corrected chi connectivity index (χ1v) is 16.2. The Labute approximate surface area is 285 Å². The van der Waals surface area contributed by atoms with Crippen LogP contribution in [0.15, 0.2) is 102 Å². The van der Waals surface area contributed by atoms with Crippen LogP contribution < -0.4 is 5.56 Å². The number of benzene rings is 2. The first kappa shape index (κ1) is 37.6. The summed E-state index contributed by atoms with van der Waals surface area (Å²) in [6, 6.07) is 24.0. The molecule has 0 saturated heterocycles. The van der Waals surface area contributed by atoms with Crippen molar-refractivity contribution in [3.8, 4) is 22.5 Å². The average molecular weight is 673 g/mol. The molecule has 6 aromatic rings. The summed E-state index contributed by atoms with van der Waals surface area (Å²) in [5.74, 6) is 0.506. The molecule has 2 atom stereocenters. The van der Waals surface area contributed by atoms with E-state index in [1.807, 2.05) is 44.2 Å². The predicted octanol–water partition coefficient (Wildman–Crippen LogP) is 10.2. The monoisotopic (exact) mass is 672 g/mol. The molecule has 0 aliphatic rings. The number of rotatable bonds is 6. The summed E-state index contributed by atoms with van der Waals surface area (Å²) in [5, 5.41) is 15.1. The van der Waals surface area contributed by atoms with Crippen LogP contribution in [0, 0.1) is 25.5 Å². The molecule has 2 aromatic carbocycles. The van der Waals surface area contributed by atoms with Gasteiger partial charge in [0.25, 0.3) is 0 Å². The number of pyridine rings is 2. The normalized spacial score (nSPS) is 11.5. The smallest absolute Gasteiger partial charge is 0.248 e. The van der Waals surface area contributed by atoms with Crippen LogP contribution in [0.3, 0.4) is 0 Å². The van der Waals surface area contributed by atoms with Crippen molar-refractivity contribution in [1.29, 1.82) is 0 Å². The topological polar surface area (TPSA) is 103 Å². The first-order valence-electron chi connectivity index (χ1n) is 15.8. The minimum Gasteiger partial charge on any atom is -0.329 e. The highest BCUT2D eigenvalue weighted by atomic mass is 35.5. The van der Waals surface area contributed by atoms with Gasteiger partial charge in [-0.25, -0.2) is 13.8 Å². The van der Waals surface area contributed by atoms with Crippen LogP contribution in [-0.4, -0.2) is 30.4 Å². The molecule has 4 aromatic heterocycles. The Balaban J connectivity index is 0.000000183. The molecule has 4 heterocycles. The molecule has 0 bridgehead atoms. The lowest BCUT2D eigenvalue weighted by molar-refractivity contribution is 0.627. The molecule has 48 heavy (non-hydrogen) atoms. The second-order valence-corrected chi connectivity index (χ2v) is 11.8. The third kappa shape index (κ3) is 12.4. The van der Waals surface area contributed by atoms with Gasteiger partial charge in [-0.1, -0.05) is 39.3 Å². The Kier molecular flexibility index (Phi) is 14.9. The fraction of sp³-hybridized carbons (Fsp3) is 0.263. The van der Waals surface area contributed by atoms with Crippen LogP contribution in [0.5, 0.6) is 0 Å². The molecule has 10 heteroatoms. The van der Waals surface area contributed by atoms with Crippen molar-refractivity contribution in [2.24, 2.45) is 0 Å². The van der Waals surface area contributed by atoms with Gasteiger partial charge in [-0.05, 0) is 129 Å². The number of nitrogens with one attached hydrogen (secondary N) is 3. The quantitative estimate of drug-likeness (QED) is 0.153. The Morgan fingerprint density at radius 3 is 1.48 bits per heavy atom. The minimum atomic E-state index is -0.221. The van der Waals surface area contributed by atoms with Gasteiger partial charge in [0.15, 0.2) is 0 Å². The van der Waals surface area contributed by atoms with Crippen molar-refractivity contribution >= 4 is 11.6 Å². The van der Waals surface area contributed by atoms with Crippen LogP contribution in [0.25, 0.3) is 22.5 Å². The number of hydrogen-bond acceptors (Lipinski definition) is 4. The molecule has 0 saturated carbocycles. The second-order valence-electron chi connectivity index (χ2n) is 11.4. The van der Waals surface area contributed by atoms with Gasteiger partial charge in [0.05, 0.1) is 11.4 Å². The van der Waals surface area contributed by atoms with Crippen molar-refractivity contribution in [2.45, 2.75) is 66.2 Å². The van der Waals surface area contributed by atoms with E-state index in [0.29, 0.717) is 17.0 Å². The molecule has 2 unspecified atom stereocenters. The Morgan fingerprint density at radius 1 is 0.688 bits per heavy atom. The molecule has 0 aliphatic heterocycles. The maximum atomic E-state index is 12.8. The zero-order valence-corrected chi connectivity index (χ0v) is 28.9. The van der Waals surface area contributed by atoms with Crippen LogP contribution in [0.1, 0.15) is 74.9 Å². The lowest BCUT2D eigenvalue weighted by Crippen LogP contribution is -2.01. The second kappa shape index (κ2) is 19.1. The lowest BCUT2D eigenvalue weighted by atomic mass is 10.0. The molecule has 0 amide bonds. The maximum absolute atomic E-state index is 12.8. The van der Waals surface area contributed by atoms with Crippen molar-refractivity contribution in [1.82, 2.24) is 30.4 Å². The summed E-state index contributed by atoms with van der Waals surface area (Å²) in [5.41, 5.74) is 7.97. The highest BCUT2D eigenvalue weighted by Gasteiger charge is 2.09. The summed E-state index contributed by atoms with van der Waals surface area (Å²) in [6.45, 7) is 12.5. The molecule has 3 N–H and O–H groups in total. The van der Waals surface area contributed by atoms with Gasteiger partial charge < -0.3 is 4.98 Å². The van der Waals surface area contributed by atoms with Gasteiger partial charge in [-0.2, -0.15) is 10.2 Å². The van der Waals surface area contributed by atoms with E-state index in [-0.39, 0.29) is 17.2 Å². The summed E-state index contributed by atoms with van der Waals surface area (Å²) < 4.78 is 25.5. The number of aromatic nitrogens is 6. The molecule has 0 fully saturated rings. The summed E-state index contributed by atoms with van der Waals surface area (Å²) in [7, 11) is 0. The third-order valence-corrected chi connectivity index (χ3v) is 7.78. The van der Waals surface area contributed by atoms with E-state index >= 15 is 0 Å². The molecule has 0 aliphatic carbocycles. The van der Waals surface area contributed by atoms with E-state index < -0.39 is 0 Å².